The molecule has 2 N–H and O–H groups in total. The highest BCUT2D eigenvalue weighted by atomic mass is 19.2. The van der Waals surface area contributed by atoms with Crippen molar-refractivity contribution in [2.24, 2.45) is 0 Å². The SMILES string of the molecule is O=C(CNC(=O)c1ccc(F)cc1F)Nc1ccc(F)c(F)c1. The van der Waals surface area contributed by atoms with Crippen molar-refractivity contribution in [1.82, 2.24) is 5.32 Å². The molecule has 0 aliphatic carbocycles. The summed E-state index contributed by atoms with van der Waals surface area (Å²) in [5.41, 5.74) is -0.428. The average Bonchev–Trinajstić information content (AvgIpc) is 2.48. The molecule has 23 heavy (non-hydrogen) atoms. The molecule has 2 aromatic carbocycles. The highest BCUT2D eigenvalue weighted by Gasteiger charge is 2.14. The van der Waals surface area contributed by atoms with E-state index in [1.807, 2.05) is 0 Å². The van der Waals surface area contributed by atoms with Crippen LogP contribution in [-0.2, 0) is 4.79 Å². The molecule has 0 saturated heterocycles. The zero-order valence-corrected chi connectivity index (χ0v) is 11.5. The van der Waals surface area contributed by atoms with E-state index in [9.17, 15) is 27.2 Å². The predicted molar refractivity (Wildman–Crippen MR) is 73.7 cm³/mol. The molecular formula is C15H10F4N2O2. The van der Waals surface area contributed by atoms with E-state index < -0.39 is 47.2 Å². The molecule has 0 bridgehead atoms. The summed E-state index contributed by atoms with van der Waals surface area (Å²) >= 11 is 0. The molecule has 4 nitrogen and oxygen atoms in total. The zero-order chi connectivity index (χ0) is 17.0. The molecule has 2 rings (SSSR count). The van der Waals surface area contributed by atoms with Gasteiger partial charge in [-0.3, -0.25) is 9.59 Å². The number of carbonyl (C=O) groups is 2. The minimum atomic E-state index is -1.14. The summed E-state index contributed by atoms with van der Waals surface area (Å²) in [5.74, 6) is -5.75. The smallest absolute Gasteiger partial charge is 0.254 e. The van der Waals surface area contributed by atoms with Crippen LogP contribution in [0.4, 0.5) is 23.2 Å². The topological polar surface area (TPSA) is 58.2 Å². The van der Waals surface area contributed by atoms with Crippen LogP contribution in [0.5, 0.6) is 0 Å². The Bertz CT molecular complexity index is 765. The van der Waals surface area contributed by atoms with Crippen LogP contribution in [0.15, 0.2) is 36.4 Å². The fourth-order valence-electron chi connectivity index (χ4n) is 1.71. The molecule has 0 saturated carbocycles. The van der Waals surface area contributed by atoms with Gasteiger partial charge in [0.1, 0.15) is 11.6 Å². The van der Waals surface area contributed by atoms with E-state index in [4.69, 9.17) is 0 Å². The van der Waals surface area contributed by atoms with E-state index in [1.165, 1.54) is 0 Å². The molecule has 0 aliphatic heterocycles. The van der Waals surface area contributed by atoms with Crippen LogP contribution in [0.3, 0.4) is 0 Å². The van der Waals surface area contributed by atoms with Crippen molar-refractivity contribution >= 4 is 17.5 Å². The van der Waals surface area contributed by atoms with Gasteiger partial charge in [-0.1, -0.05) is 0 Å². The molecule has 0 heterocycles. The molecule has 0 spiro atoms. The number of hydrogen-bond donors (Lipinski definition) is 2. The zero-order valence-electron chi connectivity index (χ0n) is 11.5. The molecule has 0 radical (unpaired) electrons. The first-order chi connectivity index (χ1) is 10.9. The lowest BCUT2D eigenvalue weighted by Crippen LogP contribution is -2.33. The Kier molecular flexibility index (Phi) is 4.95. The maximum Gasteiger partial charge on any atom is 0.254 e. The predicted octanol–water partition coefficient (Wildman–Crippen LogP) is 2.61. The number of benzene rings is 2. The van der Waals surface area contributed by atoms with E-state index >= 15 is 0 Å². The molecule has 120 valence electrons. The molecule has 0 aromatic heterocycles. The second kappa shape index (κ2) is 6.91. The van der Waals surface area contributed by atoms with Crippen molar-refractivity contribution in [2.45, 2.75) is 0 Å². The summed E-state index contributed by atoms with van der Waals surface area (Å²) < 4.78 is 51.8. The van der Waals surface area contributed by atoms with Crippen molar-refractivity contribution in [1.29, 1.82) is 0 Å². The third-order valence-corrected chi connectivity index (χ3v) is 2.79. The van der Waals surface area contributed by atoms with Gasteiger partial charge in [0.05, 0.1) is 12.1 Å². The van der Waals surface area contributed by atoms with Gasteiger partial charge in [0, 0.05) is 17.8 Å². The van der Waals surface area contributed by atoms with Crippen LogP contribution in [-0.4, -0.2) is 18.4 Å². The maximum atomic E-state index is 13.4. The third-order valence-electron chi connectivity index (χ3n) is 2.79. The van der Waals surface area contributed by atoms with Gasteiger partial charge >= 0.3 is 0 Å². The van der Waals surface area contributed by atoms with E-state index in [0.717, 1.165) is 30.3 Å². The second-order valence-corrected chi connectivity index (χ2v) is 4.48. The second-order valence-electron chi connectivity index (χ2n) is 4.48. The van der Waals surface area contributed by atoms with Gasteiger partial charge in [0.15, 0.2) is 11.6 Å². The third kappa shape index (κ3) is 4.29. The van der Waals surface area contributed by atoms with Gasteiger partial charge < -0.3 is 10.6 Å². The minimum absolute atomic E-state index is 0.00360. The fourth-order valence-corrected chi connectivity index (χ4v) is 1.71. The molecule has 0 unspecified atom stereocenters. The van der Waals surface area contributed by atoms with Crippen LogP contribution in [0.1, 0.15) is 10.4 Å². The Hall–Kier alpha value is -2.90. The lowest BCUT2D eigenvalue weighted by molar-refractivity contribution is -0.115. The van der Waals surface area contributed by atoms with Gasteiger partial charge in [-0.05, 0) is 24.3 Å². The molecule has 2 amide bonds. The summed E-state index contributed by atoms with van der Waals surface area (Å²) in [6, 6.07) is 5.12. The quantitative estimate of drug-likeness (QED) is 0.849. The summed E-state index contributed by atoms with van der Waals surface area (Å²) in [6.07, 6.45) is 0. The lowest BCUT2D eigenvalue weighted by Gasteiger charge is -2.08. The summed E-state index contributed by atoms with van der Waals surface area (Å²) in [4.78, 5) is 23.3. The Morgan fingerprint density at radius 2 is 1.61 bits per heavy atom. The van der Waals surface area contributed by atoms with Crippen molar-refractivity contribution in [3.8, 4) is 0 Å². The van der Waals surface area contributed by atoms with Crippen LogP contribution in [0.2, 0.25) is 0 Å². The number of rotatable bonds is 4. The Balaban J connectivity index is 1.93. The van der Waals surface area contributed by atoms with Crippen molar-refractivity contribution in [3.05, 3.63) is 65.2 Å². The molecule has 8 heteroatoms. The van der Waals surface area contributed by atoms with Gasteiger partial charge in [-0.2, -0.15) is 0 Å². The molecule has 0 aliphatic rings. The van der Waals surface area contributed by atoms with Crippen LogP contribution in [0, 0.1) is 23.3 Å². The maximum absolute atomic E-state index is 13.4. The van der Waals surface area contributed by atoms with Crippen molar-refractivity contribution < 1.29 is 27.2 Å². The normalized spacial score (nSPS) is 10.3. The summed E-state index contributed by atoms with van der Waals surface area (Å²) in [5, 5.41) is 4.35. The molecule has 2 aromatic rings. The lowest BCUT2D eigenvalue weighted by atomic mass is 10.2. The summed E-state index contributed by atoms with van der Waals surface area (Å²) in [7, 11) is 0. The number of nitrogens with one attached hydrogen (secondary N) is 2. The Labute approximate surface area is 128 Å². The highest BCUT2D eigenvalue weighted by Crippen LogP contribution is 2.13. The minimum Gasteiger partial charge on any atom is -0.343 e. The van der Waals surface area contributed by atoms with Crippen LogP contribution in [0.25, 0.3) is 0 Å². The monoisotopic (exact) mass is 326 g/mol. The first kappa shape index (κ1) is 16.5. The van der Waals surface area contributed by atoms with Crippen LogP contribution >= 0.6 is 0 Å². The first-order valence-corrected chi connectivity index (χ1v) is 6.35. The van der Waals surface area contributed by atoms with Crippen molar-refractivity contribution in [2.75, 3.05) is 11.9 Å². The van der Waals surface area contributed by atoms with E-state index in [0.29, 0.717) is 6.07 Å². The number of carbonyl (C=O) groups excluding carboxylic acids is 2. The summed E-state index contributed by atoms with van der Waals surface area (Å²) in [6.45, 7) is -0.533. The largest absolute Gasteiger partial charge is 0.343 e. The number of anilines is 1. The van der Waals surface area contributed by atoms with Gasteiger partial charge in [-0.15, -0.1) is 0 Å². The standard InChI is InChI=1S/C15H10F4N2O2/c16-8-1-3-10(12(18)5-8)15(23)20-7-14(22)21-9-2-4-11(17)13(19)6-9/h1-6H,7H2,(H,20,23)(H,21,22). The van der Waals surface area contributed by atoms with E-state index in [2.05, 4.69) is 10.6 Å². The highest BCUT2D eigenvalue weighted by molar-refractivity contribution is 5.99. The first-order valence-electron chi connectivity index (χ1n) is 6.35. The van der Waals surface area contributed by atoms with Crippen LogP contribution < -0.4 is 10.6 Å². The molecule has 0 atom stereocenters. The van der Waals surface area contributed by atoms with Gasteiger partial charge in [0.25, 0.3) is 5.91 Å². The Morgan fingerprint density at radius 1 is 0.870 bits per heavy atom. The molecule has 0 fully saturated rings. The average molecular weight is 326 g/mol. The van der Waals surface area contributed by atoms with Crippen molar-refractivity contribution in [3.63, 3.8) is 0 Å². The van der Waals surface area contributed by atoms with E-state index in [1.54, 1.807) is 0 Å². The van der Waals surface area contributed by atoms with Gasteiger partial charge in [-0.25, -0.2) is 17.6 Å². The number of halogens is 4. The van der Waals surface area contributed by atoms with E-state index in [-0.39, 0.29) is 5.69 Å². The number of amides is 2. The van der Waals surface area contributed by atoms with Gasteiger partial charge in [0.2, 0.25) is 5.91 Å². The fraction of sp³-hybridized carbons (Fsp3) is 0.0667. The molecular weight excluding hydrogens is 316 g/mol. The Morgan fingerprint density at radius 3 is 2.26 bits per heavy atom. The number of hydrogen-bond acceptors (Lipinski definition) is 2.